The van der Waals surface area contributed by atoms with Crippen molar-refractivity contribution in [3.8, 4) is 11.5 Å². The Morgan fingerprint density at radius 1 is 1.06 bits per heavy atom. The Hall–Kier alpha value is -3.35. The normalized spacial score (nSPS) is 19.8. The van der Waals surface area contributed by atoms with Crippen LogP contribution in [0.5, 0.6) is 0 Å². The molecule has 156 valence electrons. The van der Waals surface area contributed by atoms with E-state index in [1.165, 1.54) is 17.7 Å². The number of para-hydroxylation sites is 1. The zero-order valence-corrected chi connectivity index (χ0v) is 17.3. The van der Waals surface area contributed by atoms with Gasteiger partial charge in [-0.1, -0.05) is 18.2 Å². The molecule has 0 radical (unpaired) electrons. The first kappa shape index (κ1) is 18.4. The molecule has 3 heterocycles. The van der Waals surface area contributed by atoms with Crippen LogP contribution in [0.4, 0.5) is 10.2 Å². The molecule has 7 heteroatoms. The smallest absolute Gasteiger partial charge is 0.247 e. The Balaban J connectivity index is 1.19. The van der Waals surface area contributed by atoms with Gasteiger partial charge in [-0.15, -0.1) is 10.2 Å². The van der Waals surface area contributed by atoms with Crippen LogP contribution in [0.1, 0.15) is 36.6 Å². The van der Waals surface area contributed by atoms with E-state index in [1.807, 2.05) is 0 Å². The molecule has 2 fully saturated rings. The predicted molar refractivity (Wildman–Crippen MR) is 115 cm³/mol. The lowest BCUT2D eigenvalue weighted by molar-refractivity contribution is 0.352. The maximum absolute atomic E-state index is 13.5. The van der Waals surface area contributed by atoms with Crippen molar-refractivity contribution in [3.05, 3.63) is 66.1 Å². The molecular formula is C24H22FN5O. The van der Waals surface area contributed by atoms with Crippen LogP contribution in [0.2, 0.25) is 0 Å². The molecule has 4 aromatic rings. The maximum atomic E-state index is 13.5. The second-order valence-electron chi connectivity index (χ2n) is 8.73. The highest BCUT2D eigenvalue weighted by Gasteiger charge is 2.58. The van der Waals surface area contributed by atoms with Crippen LogP contribution in [0, 0.1) is 18.2 Å². The average molecular weight is 415 g/mol. The van der Waals surface area contributed by atoms with E-state index in [1.54, 1.807) is 18.5 Å². The molecule has 2 aliphatic rings. The largest absolute Gasteiger partial charge is 0.420 e. The summed E-state index contributed by atoms with van der Waals surface area (Å²) < 4.78 is 19.4. The van der Waals surface area contributed by atoms with Crippen molar-refractivity contribution in [2.45, 2.75) is 32.1 Å². The summed E-state index contributed by atoms with van der Waals surface area (Å²) in [5, 5.41) is 9.56. The van der Waals surface area contributed by atoms with Gasteiger partial charge in [-0.05, 0) is 61.4 Å². The minimum absolute atomic E-state index is 0.223. The van der Waals surface area contributed by atoms with Crippen LogP contribution < -0.4 is 4.90 Å². The molecule has 2 aromatic heterocycles. The molecule has 31 heavy (non-hydrogen) atoms. The van der Waals surface area contributed by atoms with E-state index >= 15 is 0 Å². The number of benzene rings is 2. The average Bonchev–Trinajstić information content (AvgIpc) is 3.25. The molecule has 1 saturated heterocycles. The Labute approximate surface area is 179 Å². The van der Waals surface area contributed by atoms with E-state index in [0.717, 1.165) is 49.1 Å². The molecule has 0 bridgehead atoms. The van der Waals surface area contributed by atoms with E-state index in [2.05, 4.69) is 50.2 Å². The van der Waals surface area contributed by atoms with Gasteiger partial charge in [0.25, 0.3) is 0 Å². The molecular weight excluding hydrogens is 393 g/mol. The minimum Gasteiger partial charge on any atom is -0.420 e. The van der Waals surface area contributed by atoms with Gasteiger partial charge in [0.05, 0.1) is 5.52 Å². The van der Waals surface area contributed by atoms with Gasteiger partial charge >= 0.3 is 0 Å². The number of piperidine rings is 1. The molecule has 1 unspecified atom stereocenters. The van der Waals surface area contributed by atoms with E-state index in [4.69, 9.17) is 4.42 Å². The van der Waals surface area contributed by atoms with Gasteiger partial charge < -0.3 is 9.32 Å². The molecule has 6 nitrogen and oxygen atoms in total. The summed E-state index contributed by atoms with van der Waals surface area (Å²) in [6, 6.07) is 12.5. The highest BCUT2D eigenvalue weighted by molar-refractivity contribution is 5.91. The molecule has 1 saturated carbocycles. The SMILES string of the molecule is Cc1cccc2c(N3CCC4(CC3)CC4c3nnc(-c4cccc(F)c4)o3)ncnc12. The first-order chi connectivity index (χ1) is 15.1. The summed E-state index contributed by atoms with van der Waals surface area (Å²) in [6.07, 6.45) is 4.86. The van der Waals surface area contributed by atoms with E-state index in [9.17, 15) is 4.39 Å². The van der Waals surface area contributed by atoms with Gasteiger partial charge in [0, 0.05) is 30.0 Å². The summed E-state index contributed by atoms with van der Waals surface area (Å²) in [6.45, 7) is 3.98. The lowest BCUT2D eigenvalue weighted by Crippen LogP contribution is -2.35. The van der Waals surface area contributed by atoms with Crippen LogP contribution in [-0.4, -0.2) is 33.3 Å². The zero-order chi connectivity index (χ0) is 21.0. The van der Waals surface area contributed by atoms with E-state index in [-0.39, 0.29) is 17.2 Å². The standard InChI is InChI=1S/C24H22FN5O/c1-15-4-2-7-18-20(15)26-14-27-21(18)30-10-8-24(9-11-30)13-19(24)23-29-28-22(31-23)16-5-3-6-17(25)12-16/h2-7,12,14,19H,8-11,13H2,1H3. The molecule has 1 atom stereocenters. The third-order valence-corrected chi connectivity index (χ3v) is 6.90. The van der Waals surface area contributed by atoms with Crippen LogP contribution in [0.15, 0.2) is 53.2 Å². The van der Waals surface area contributed by atoms with Crippen molar-refractivity contribution in [2.75, 3.05) is 18.0 Å². The van der Waals surface area contributed by atoms with Gasteiger partial charge in [-0.3, -0.25) is 0 Å². The topological polar surface area (TPSA) is 67.9 Å². The molecule has 1 spiro atoms. The summed E-state index contributed by atoms with van der Waals surface area (Å²) in [4.78, 5) is 11.4. The number of nitrogens with zero attached hydrogens (tertiary/aromatic N) is 5. The van der Waals surface area contributed by atoms with Crippen molar-refractivity contribution >= 4 is 16.7 Å². The zero-order valence-electron chi connectivity index (χ0n) is 17.3. The molecule has 1 aliphatic heterocycles. The molecule has 6 rings (SSSR count). The first-order valence-corrected chi connectivity index (χ1v) is 10.7. The fourth-order valence-electron chi connectivity index (χ4n) is 5.00. The molecule has 0 N–H and O–H groups in total. The number of rotatable bonds is 3. The third-order valence-electron chi connectivity index (χ3n) is 6.90. The number of aryl methyl sites for hydroxylation is 1. The number of halogens is 1. The Morgan fingerprint density at radius 2 is 1.90 bits per heavy atom. The van der Waals surface area contributed by atoms with Gasteiger partial charge in [0.15, 0.2) is 0 Å². The van der Waals surface area contributed by atoms with Crippen molar-refractivity contribution in [2.24, 2.45) is 5.41 Å². The Bertz CT molecular complexity index is 1280. The molecule has 1 aliphatic carbocycles. The lowest BCUT2D eigenvalue weighted by Gasteiger charge is -2.34. The Kier molecular flexibility index (Phi) is 4.06. The summed E-state index contributed by atoms with van der Waals surface area (Å²) >= 11 is 0. The van der Waals surface area contributed by atoms with Crippen molar-refractivity contribution < 1.29 is 8.81 Å². The van der Waals surface area contributed by atoms with Gasteiger partial charge in [-0.2, -0.15) is 0 Å². The number of fused-ring (bicyclic) bond motifs is 1. The highest BCUT2D eigenvalue weighted by atomic mass is 19.1. The summed E-state index contributed by atoms with van der Waals surface area (Å²) in [5.41, 5.74) is 3.03. The van der Waals surface area contributed by atoms with Crippen molar-refractivity contribution in [1.82, 2.24) is 20.2 Å². The quantitative estimate of drug-likeness (QED) is 0.474. The van der Waals surface area contributed by atoms with Gasteiger partial charge in [-0.25, -0.2) is 14.4 Å². The maximum Gasteiger partial charge on any atom is 0.247 e. The molecule has 0 amide bonds. The fourth-order valence-corrected chi connectivity index (χ4v) is 5.00. The number of hydrogen-bond acceptors (Lipinski definition) is 6. The number of hydrogen-bond donors (Lipinski definition) is 0. The number of anilines is 1. The monoisotopic (exact) mass is 415 g/mol. The Morgan fingerprint density at radius 3 is 2.74 bits per heavy atom. The highest BCUT2D eigenvalue weighted by Crippen LogP contribution is 2.64. The van der Waals surface area contributed by atoms with Crippen LogP contribution in [-0.2, 0) is 0 Å². The second kappa shape index (κ2) is 6.83. The van der Waals surface area contributed by atoms with E-state index in [0.29, 0.717) is 17.3 Å². The van der Waals surface area contributed by atoms with Crippen LogP contribution in [0.3, 0.4) is 0 Å². The fraction of sp³-hybridized carbons (Fsp3) is 0.333. The minimum atomic E-state index is -0.306. The predicted octanol–water partition coefficient (Wildman–Crippen LogP) is 4.90. The first-order valence-electron chi connectivity index (χ1n) is 10.7. The second-order valence-corrected chi connectivity index (χ2v) is 8.73. The number of aromatic nitrogens is 4. The lowest BCUT2D eigenvalue weighted by atomic mass is 9.90. The van der Waals surface area contributed by atoms with Gasteiger partial charge in [0.1, 0.15) is 18.0 Å². The molecule has 2 aromatic carbocycles. The van der Waals surface area contributed by atoms with Crippen molar-refractivity contribution in [1.29, 1.82) is 0 Å². The summed E-state index contributed by atoms with van der Waals surface area (Å²) in [7, 11) is 0. The van der Waals surface area contributed by atoms with Crippen LogP contribution >= 0.6 is 0 Å². The van der Waals surface area contributed by atoms with Crippen molar-refractivity contribution in [3.63, 3.8) is 0 Å². The van der Waals surface area contributed by atoms with Gasteiger partial charge in [0.2, 0.25) is 11.8 Å². The van der Waals surface area contributed by atoms with E-state index < -0.39 is 0 Å². The third kappa shape index (κ3) is 3.07. The summed E-state index contributed by atoms with van der Waals surface area (Å²) in [5.74, 6) is 2.06. The van der Waals surface area contributed by atoms with Crippen LogP contribution in [0.25, 0.3) is 22.4 Å².